The van der Waals surface area contributed by atoms with Crippen LogP contribution in [-0.2, 0) is 0 Å². The van der Waals surface area contributed by atoms with Gasteiger partial charge in [0.2, 0.25) is 0 Å². The van der Waals surface area contributed by atoms with Gasteiger partial charge in [0, 0.05) is 5.92 Å². The highest BCUT2D eigenvalue weighted by atomic mass is 14.4. The Morgan fingerprint density at radius 2 is 1.78 bits per heavy atom. The molecule has 0 unspecified atom stereocenters. The lowest BCUT2D eigenvalue weighted by atomic mass is 9.84. The van der Waals surface area contributed by atoms with Gasteiger partial charge >= 0.3 is 0 Å². The molecule has 0 radical (unpaired) electrons. The van der Waals surface area contributed by atoms with Crippen LogP contribution in [0.3, 0.4) is 0 Å². The maximum atomic E-state index is 4.46. The summed E-state index contributed by atoms with van der Waals surface area (Å²) in [5.41, 5.74) is 14.7. The van der Waals surface area contributed by atoms with Crippen molar-refractivity contribution in [2.45, 2.75) is 27.2 Å². The van der Waals surface area contributed by atoms with E-state index >= 15 is 0 Å². The average molecular weight is 348 g/mol. The Bertz CT molecular complexity index is 1100. The van der Waals surface area contributed by atoms with Gasteiger partial charge in [-0.05, 0) is 89.5 Å². The highest BCUT2D eigenvalue weighted by Crippen LogP contribution is 2.48. The topological polar surface area (TPSA) is 0 Å². The van der Waals surface area contributed by atoms with Crippen LogP contribution in [0.4, 0.5) is 0 Å². The molecule has 132 valence electrons. The first-order valence-electron chi connectivity index (χ1n) is 9.73. The van der Waals surface area contributed by atoms with Gasteiger partial charge in [0.15, 0.2) is 0 Å². The minimum absolute atomic E-state index is 0.443. The monoisotopic (exact) mass is 348 g/mol. The standard InChI is InChI=1S/C27H24/c1-16-5-6-21-13-22-9-10-23(26(22)15-21)19(4)27(24-12-18(24)3)25(17(2)11-16)14-20-7-8-20/h5-7,9-15,24H,2,8H2,1,3-4H3/b6-5?,16-11?,25-14+,27-19?/t24-/m1/s1. The lowest BCUT2D eigenvalue weighted by molar-refractivity contribution is 1.03. The highest BCUT2D eigenvalue weighted by molar-refractivity contribution is 5.75. The molecule has 0 fully saturated rings. The van der Waals surface area contributed by atoms with Crippen LogP contribution in [-0.4, -0.2) is 0 Å². The average Bonchev–Trinajstić information content (AvgIpc) is 3.49. The summed E-state index contributed by atoms with van der Waals surface area (Å²) in [7, 11) is 0. The molecule has 5 aliphatic carbocycles. The fraction of sp³-hybridized carbons (Fsp3) is 0.185. The molecule has 0 heteroatoms. The van der Waals surface area contributed by atoms with Crippen LogP contribution in [0.2, 0.25) is 0 Å². The molecule has 0 aromatic carbocycles. The number of fused-ring (bicyclic) bond motifs is 1. The highest BCUT2D eigenvalue weighted by Gasteiger charge is 2.32. The third-order valence-electron chi connectivity index (χ3n) is 5.94. The Kier molecular flexibility index (Phi) is 3.52. The van der Waals surface area contributed by atoms with Crippen LogP contribution in [0.1, 0.15) is 27.2 Å². The number of hydrogen-bond donors (Lipinski definition) is 0. The van der Waals surface area contributed by atoms with E-state index in [1.165, 1.54) is 55.7 Å². The molecular weight excluding hydrogens is 324 g/mol. The Balaban J connectivity index is 1.73. The molecule has 0 N–H and O–H groups in total. The molecule has 0 nitrogen and oxygen atoms in total. The third kappa shape index (κ3) is 2.86. The van der Waals surface area contributed by atoms with E-state index in [9.17, 15) is 0 Å². The first-order valence-corrected chi connectivity index (χ1v) is 9.73. The van der Waals surface area contributed by atoms with E-state index in [0.717, 1.165) is 12.0 Å². The molecular formula is C27H24. The molecule has 2 bridgehead atoms. The van der Waals surface area contributed by atoms with Gasteiger partial charge in [-0.2, -0.15) is 0 Å². The zero-order valence-corrected chi connectivity index (χ0v) is 16.3. The zero-order valence-electron chi connectivity index (χ0n) is 16.3. The van der Waals surface area contributed by atoms with Gasteiger partial charge in [-0.15, -0.1) is 0 Å². The summed E-state index contributed by atoms with van der Waals surface area (Å²) in [4.78, 5) is 0. The maximum Gasteiger partial charge on any atom is 0.0237 e. The van der Waals surface area contributed by atoms with Crippen molar-refractivity contribution < 1.29 is 0 Å². The van der Waals surface area contributed by atoms with Crippen molar-refractivity contribution in [2.24, 2.45) is 5.92 Å². The summed E-state index contributed by atoms with van der Waals surface area (Å²) in [6, 6.07) is 0. The van der Waals surface area contributed by atoms with E-state index in [2.05, 4.69) is 88.1 Å². The SMILES string of the molecule is C=C1C=C(C)C=CC2=CC3=CC=C(C3=C2)C(C)=C([C@@H]2C=C2C)/C1=C/C1=CC1. The van der Waals surface area contributed by atoms with Crippen molar-refractivity contribution in [3.63, 3.8) is 0 Å². The largest absolute Gasteiger partial charge is 0.0911 e. The normalized spacial score (nSPS) is 27.2. The van der Waals surface area contributed by atoms with Crippen LogP contribution in [0.15, 0.2) is 129 Å². The van der Waals surface area contributed by atoms with E-state index in [0.29, 0.717) is 5.92 Å². The van der Waals surface area contributed by atoms with Crippen LogP contribution < -0.4 is 0 Å². The van der Waals surface area contributed by atoms with Gasteiger partial charge in [-0.1, -0.05) is 66.3 Å². The summed E-state index contributed by atoms with van der Waals surface area (Å²) in [5.74, 6) is 0.443. The molecule has 0 heterocycles. The summed E-state index contributed by atoms with van der Waals surface area (Å²) >= 11 is 0. The molecule has 27 heavy (non-hydrogen) atoms. The summed E-state index contributed by atoms with van der Waals surface area (Å²) in [5, 5.41) is 0. The van der Waals surface area contributed by atoms with Gasteiger partial charge in [-0.3, -0.25) is 0 Å². The van der Waals surface area contributed by atoms with Gasteiger partial charge in [-0.25, -0.2) is 0 Å². The van der Waals surface area contributed by atoms with Crippen LogP contribution in [0.25, 0.3) is 0 Å². The Hall–Kier alpha value is -2.86. The second-order valence-electron chi connectivity index (χ2n) is 8.12. The molecule has 0 aromatic rings. The molecule has 0 aromatic heterocycles. The van der Waals surface area contributed by atoms with Crippen LogP contribution in [0.5, 0.6) is 0 Å². The first kappa shape index (κ1) is 16.3. The van der Waals surface area contributed by atoms with Crippen molar-refractivity contribution in [2.75, 3.05) is 0 Å². The van der Waals surface area contributed by atoms with Crippen molar-refractivity contribution in [1.29, 1.82) is 0 Å². The predicted octanol–water partition coefficient (Wildman–Crippen LogP) is 6.94. The van der Waals surface area contributed by atoms with E-state index < -0.39 is 0 Å². The molecule has 0 amide bonds. The van der Waals surface area contributed by atoms with E-state index in [4.69, 9.17) is 0 Å². The molecule has 0 aliphatic heterocycles. The summed E-state index contributed by atoms with van der Waals surface area (Å²) in [6.07, 6.45) is 23.9. The van der Waals surface area contributed by atoms with E-state index in [-0.39, 0.29) is 0 Å². The van der Waals surface area contributed by atoms with Crippen molar-refractivity contribution in [3.8, 4) is 0 Å². The Morgan fingerprint density at radius 1 is 1.00 bits per heavy atom. The predicted molar refractivity (Wildman–Crippen MR) is 115 cm³/mol. The van der Waals surface area contributed by atoms with Gasteiger partial charge < -0.3 is 0 Å². The fourth-order valence-corrected chi connectivity index (χ4v) is 4.21. The Labute approximate surface area is 162 Å². The number of allylic oxidation sites excluding steroid dienone is 21. The second kappa shape index (κ2) is 5.82. The molecule has 5 aliphatic rings. The summed E-state index contributed by atoms with van der Waals surface area (Å²) < 4.78 is 0. The van der Waals surface area contributed by atoms with Gasteiger partial charge in [0.25, 0.3) is 0 Å². The summed E-state index contributed by atoms with van der Waals surface area (Å²) in [6.45, 7) is 11.2. The molecule has 1 atom stereocenters. The molecule has 5 rings (SSSR count). The fourth-order valence-electron chi connectivity index (χ4n) is 4.21. The molecule has 0 saturated carbocycles. The second-order valence-corrected chi connectivity index (χ2v) is 8.12. The quantitative estimate of drug-likeness (QED) is 0.474. The lowest BCUT2D eigenvalue weighted by Gasteiger charge is -2.20. The number of rotatable bonds is 2. The minimum Gasteiger partial charge on any atom is -0.0911 e. The minimum atomic E-state index is 0.443. The lowest BCUT2D eigenvalue weighted by Crippen LogP contribution is -2.03. The van der Waals surface area contributed by atoms with Crippen molar-refractivity contribution >= 4 is 0 Å². The van der Waals surface area contributed by atoms with Gasteiger partial charge in [0.1, 0.15) is 0 Å². The maximum absolute atomic E-state index is 4.46. The zero-order chi connectivity index (χ0) is 18.7. The smallest absolute Gasteiger partial charge is 0.0237 e. The third-order valence-corrected chi connectivity index (χ3v) is 5.94. The van der Waals surface area contributed by atoms with Crippen molar-refractivity contribution in [1.82, 2.24) is 0 Å². The molecule has 0 spiro atoms. The van der Waals surface area contributed by atoms with E-state index in [1.807, 2.05) is 0 Å². The van der Waals surface area contributed by atoms with Crippen LogP contribution >= 0.6 is 0 Å². The van der Waals surface area contributed by atoms with E-state index in [1.54, 1.807) is 0 Å². The van der Waals surface area contributed by atoms with Crippen LogP contribution in [0, 0.1) is 5.92 Å². The number of hydrogen-bond acceptors (Lipinski definition) is 0. The Morgan fingerprint density at radius 3 is 2.48 bits per heavy atom. The van der Waals surface area contributed by atoms with Gasteiger partial charge in [0.05, 0.1) is 0 Å². The first-order chi connectivity index (χ1) is 13.0. The molecule has 0 saturated heterocycles. The van der Waals surface area contributed by atoms with Crippen molar-refractivity contribution in [3.05, 3.63) is 129 Å².